The van der Waals surface area contributed by atoms with Crippen LogP contribution in [0.1, 0.15) is 42.1 Å². The number of aromatic nitrogens is 4. The molecule has 1 fully saturated rings. The molecule has 28 heavy (non-hydrogen) atoms. The standard InChI is InChI=1S/C18H23N5O3S2/c1-4-22-11-16(13(3)21-22)28(24,25)23-9-5-6-14(10-23)17-19-20-18(26-17)15-8-7-12(2)27-15/h7-8,11,14H,4-6,9-10H2,1-3H3. The fourth-order valence-electron chi connectivity index (χ4n) is 3.46. The third-order valence-electron chi connectivity index (χ3n) is 4.97. The van der Waals surface area contributed by atoms with Crippen molar-refractivity contribution in [2.24, 2.45) is 0 Å². The highest BCUT2D eigenvalue weighted by atomic mass is 32.2. The van der Waals surface area contributed by atoms with Crippen LogP contribution in [0.2, 0.25) is 0 Å². The molecule has 8 nitrogen and oxygen atoms in total. The van der Waals surface area contributed by atoms with E-state index in [1.54, 1.807) is 29.1 Å². The topological polar surface area (TPSA) is 94.1 Å². The fourth-order valence-corrected chi connectivity index (χ4v) is 5.95. The van der Waals surface area contributed by atoms with Crippen molar-refractivity contribution in [3.05, 3.63) is 34.8 Å². The highest BCUT2D eigenvalue weighted by molar-refractivity contribution is 7.89. The number of rotatable bonds is 5. The zero-order valence-electron chi connectivity index (χ0n) is 16.1. The van der Waals surface area contributed by atoms with Crippen molar-refractivity contribution in [3.8, 4) is 10.8 Å². The van der Waals surface area contributed by atoms with Gasteiger partial charge < -0.3 is 4.42 Å². The summed E-state index contributed by atoms with van der Waals surface area (Å²) in [7, 11) is -3.60. The van der Waals surface area contributed by atoms with Gasteiger partial charge in [0, 0.05) is 30.7 Å². The largest absolute Gasteiger partial charge is 0.420 e. The highest BCUT2D eigenvalue weighted by Gasteiger charge is 2.35. The lowest BCUT2D eigenvalue weighted by atomic mass is 10.00. The summed E-state index contributed by atoms with van der Waals surface area (Å²) in [5.74, 6) is 0.891. The minimum Gasteiger partial charge on any atom is -0.420 e. The summed E-state index contributed by atoms with van der Waals surface area (Å²) in [5.41, 5.74) is 0.525. The summed E-state index contributed by atoms with van der Waals surface area (Å²) in [6, 6.07) is 3.97. The highest BCUT2D eigenvalue weighted by Crippen LogP contribution is 2.33. The third-order valence-corrected chi connectivity index (χ3v) is 7.93. The van der Waals surface area contributed by atoms with E-state index in [1.807, 2.05) is 26.0 Å². The molecule has 1 saturated heterocycles. The lowest BCUT2D eigenvalue weighted by Gasteiger charge is -2.29. The van der Waals surface area contributed by atoms with Gasteiger partial charge in [-0.25, -0.2) is 8.42 Å². The SMILES string of the molecule is CCn1cc(S(=O)(=O)N2CCCC(c3nnc(-c4ccc(C)s4)o3)C2)c(C)n1. The van der Waals surface area contributed by atoms with Crippen molar-refractivity contribution in [1.29, 1.82) is 0 Å². The molecule has 0 amide bonds. The maximum atomic E-state index is 13.2. The van der Waals surface area contributed by atoms with E-state index in [0.717, 1.165) is 17.7 Å². The van der Waals surface area contributed by atoms with Crippen molar-refractivity contribution >= 4 is 21.4 Å². The molecule has 150 valence electrons. The second-order valence-electron chi connectivity index (χ2n) is 6.99. The van der Waals surface area contributed by atoms with Crippen LogP contribution < -0.4 is 0 Å². The lowest BCUT2D eigenvalue weighted by Crippen LogP contribution is -2.39. The van der Waals surface area contributed by atoms with Crippen LogP contribution in [0.15, 0.2) is 27.6 Å². The molecule has 0 aromatic carbocycles. The van der Waals surface area contributed by atoms with E-state index in [0.29, 0.717) is 37.1 Å². The molecular weight excluding hydrogens is 398 g/mol. The Balaban J connectivity index is 1.56. The zero-order valence-corrected chi connectivity index (χ0v) is 17.8. The van der Waals surface area contributed by atoms with Gasteiger partial charge in [0.15, 0.2) is 0 Å². The number of hydrogen-bond donors (Lipinski definition) is 0. The van der Waals surface area contributed by atoms with Crippen LogP contribution >= 0.6 is 11.3 Å². The number of sulfonamides is 1. The number of aryl methyl sites for hydroxylation is 3. The minimum absolute atomic E-state index is 0.104. The Morgan fingerprint density at radius 2 is 2.11 bits per heavy atom. The molecule has 1 unspecified atom stereocenters. The molecule has 3 aromatic rings. The van der Waals surface area contributed by atoms with E-state index in [-0.39, 0.29) is 10.8 Å². The molecule has 0 bridgehead atoms. The van der Waals surface area contributed by atoms with Gasteiger partial charge in [0.2, 0.25) is 15.9 Å². The predicted octanol–water partition coefficient (Wildman–Crippen LogP) is 3.20. The molecule has 1 atom stereocenters. The summed E-state index contributed by atoms with van der Waals surface area (Å²) >= 11 is 1.60. The van der Waals surface area contributed by atoms with E-state index in [4.69, 9.17) is 4.42 Å². The molecule has 0 aliphatic carbocycles. The molecule has 4 heterocycles. The zero-order chi connectivity index (χ0) is 19.9. The second kappa shape index (κ2) is 7.41. The van der Waals surface area contributed by atoms with Crippen LogP contribution in [0.25, 0.3) is 10.8 Å². The average molecular weight is 422 g/mol. The van der Waals surface area contributed by atoms with E-state index < -0.39 is 10.0 Å². The first-order valence-electron chi connectivity index (χ1n) is 9.33. The Kier molecular flexibility index (Phi) is 5.11. The maximum absolute atomic E-state index is 13.2. The molecule has 0 spiro atoms. The first-order valence-corrected chi connectivity index (χ1v) is 11.6. The van der Waals surface area contributed by atoms with E-state index >= 15 is 0 Å². The van der Waals surface area contributed by atoms with Crippen LogP contribution in [-0.2, 0) is 16.6 Å². The van der Waals surface area contributed by atoms with Crippen LogP contribution in [0.3, 0.4) is 0 Å². The summed E-state index contributed by atoms with van der Waals surface area (Å²) in [5, 5.41) is 12.6. The molecular formula is C18H23N5O3S2. The van der Waals surface area contributed by atoms with Crippen molar-refractivity contribution in [1.82, 2.24) is 24.3 Å². The van der Waals surface area contributed by atoms with Crippen LogP contribution in [-0.4, -0.2) is 45.8 Å². The van der Waals surface area contributed by atoms with Crippen LogP contribution in [0.5, 0.6) is 0 Å². The first kappa shape index (κ1) is 19.3. The number of thiophene rings is 1. The molecule has 0 N–H and O–H groups in total. The maximum Gasteiger partial charge on any atom is 0.257 e. The van der Waals surface area contributed by atoms with Crippen molar-refractivity contribution in [2.45, 2.75) is 51.0 Å². The molecule has 1 aliphatic rings. The molecule has 1 aliphatic heterocycles. The molecule has 0 saturated carbocycles. The van der Waals surface area contributed by atoms with Gasteiger partial charge in [-0.1, -0.05) is 0 Å². The van der Waals surface area contributed by atoms with Crippen LogP contribution in [0, 0.1) is 13.8 Å². The van der Waals surface area contributed by atoms with Gasteiger partial charge in [0.1, 0.15) is 4.90 Å². The molecule has 10 heteroatoms. The summed E-state index contributed by atoms with van der Waals surface area (Å²) in [6.07, 6.45) is 3.18. The molecule has 3 aromatic heterocycles. The first-order chi connectivity index (χ1) is 13.4. The summed E-state index contributed by atoms with van der Waals surface area (Å²) in [4.78, 5) is 2.38. The quantitative estimate of drug-likeness (QED) is 0.628. The van der Waals surface area contributed by atoms with Gasteiger partial charge >= 0.3 is 0 Å². The monoisotopic (exact) mass is 421 g/mol. The number of hydrogen-bond acceptors (Lipinski definition) is 7. The lowest BCUT2D eigenvalue weighted by molar-refractivity contribution is 0.286. The number of piperidine rings is 1. The second-order valence-corrected chi connectivity index (χ2v) is 10.2. The Morgan fingerprint density at radius 1 is 1.29 bits per heavy atom. The summed E-state index contributed by atoms with van der Waals surface area (Å²) < 4.78 is 35.4. The molecule has 0 radical (unpaired) electrons. The summed E-state index contributed by atoms with van der Waals surface area (Å²) in [6.45, 7) is 7.14. The van der Waals surface area contributed by atoms with Gasteiger partial charge in [-0.05, 0) is 45.7 Å². The Labute approximate surface area is 168 Å². The van der Waals surface area contributed by atoms with Gasteiger partial charge in [0.05, 0.1) is 16.5 Å². The predicted molar refractivity (Wildman–Crippen MR) is 106 cm³/mol. The van der Waals surface area contributed by atoms with Gasteiger partial charge in [-0.3, -0.25) is 4.68 Å². The van der Waals surface area contributed by atoms with Gasteiger partial charge in [0.25, 0.3) is 5.89 Å². The van der Waals surface area contributed by atoms with E-state index in [2.05, 4.69) is 15.3 Å². The van der Waals surface area contributed by atoms with Gasteiger partial charge in [-0.2, -0.15) is 9.40 Å². The van der Waals surface area contributed by atoms with Crippen molar-refractivity contribution in [3.63, 3.8) is 0 Å². The van der Waals surface area contributed by atoms with E-state index in [9.17, 15) is 8.42 Å². The van der Waals surface area contributed by atoms with E-state index in [1.165, 1.54) is 9.18 Å². The van der Waals surface area contributed by atoms with Crippen molar-refractivity contribution in [2.75, 3.05) is 13.1 Å². The number of nitrogens with zero attached hydrogens (tertiary/aromatic N) is 5. The van der Waals surface area contributed by atoms with Gasteiger partial charge in [-0.15, -0.1) is 21.5 Å². The average Bonchev–Trinajstić information content (AvgIpc) is 3.41. The Morgan fingerprint density at radius 3 is 2.79 bits per heavy atom. The minimum atomic E-state index is -3.60. The smallest absolute Gasteiger partial charge is 0.257 e. The fraction of sp³-hybridized carbons (Fsp3) is 0.500. The van der Waals surface area contributed by atoms with Crippen molar-refractivity contribution < 1.29 is 12.8 Å². The molecule has 4 rings (SSSR count). The van der Waals surface area contributed by atoms with Crippen LogP contribution in [0.4, 0.5) is 0 Å². The Hall–Kier alpha value is -2.04. The Bertz CT molecular complexity index is 1080. The third kappa shape index (κ3) is 3.51. The normalized spacial score (nSPS) is 18.6.